The molecule has 2 saturated carbocycles. The second kappa shape index (κ2) is 14.7. The third-order valence-electron chi connectivity index (χ3n) is 11.2. The van der Waals surface area contributed by atoms with Crippen molar-refractivity contribution in [1.82, 2.24) is 5.32 Å². The van der Waals surface area contributed by atoms with Crippen LogP contribution in [0.15, 0.2) is 16.6 Å². The Balaban J connectivity index is 1.28. The summed E-state index contributed by atoms with van der Waals surface area (Å²) in [6.07, 6.45) is 0.890. The van der Waals surface area contributed by atoms with E-state index >= 15 is 0 Å². The van der Waals surface area contributed by atoms with Crippen LogP contribution in [-0.4, -0.2) is 123 Å². The van der Waals surface area contributed by atoms with Gasteiger partial charge < -0.3 is 50.2 Å². The molecule has 13 nitrogen and oxygen atoms in total. The standard InChI is InChI=1S/C33H50N2O11/c1-18(2)21(11-19-9-10-34-13-19)14-35-16-32(42)31(46-28(30(40)41)29(39)33(32,43)17-36)45-23-7-8-24-26(12-23)44-15-25(27(24)38)20-3-5-22(37)6-4-20/h9-10,13,17-18,20-29,31,35,37-39,42-43H,3-8,11-12,14-16H2,1-2H3/p+1. The number of aliphatic imine (C=N–C) groups is 1. The first-order valence-corrected chi connectivity index (χ1v) is 16.7. The number of nitrogens with zero attached hydrogens (tertiary/aromatic N) is 1. The highest BCUT2D eigenvalue weighted by Gasteiger charge is 2.67. The van der Waals surface area contributed by atoms with Gasteiger partial charge in [-0.05, 0) is 62.8 Å². The van der Waals surface area contributed by atoms with Gasteiger partial charge in [-0.15, -0.1) is 4.99 Å². The normalized spacial score (nSPS) is 43.4. The van der Waals surface area contributed by atoms with E-state index in [1.165, 1.54) is 0 Å². The van der Waals surface area contributed by atoms with Gasteiger partial charge in [-0.3, -0.25) is 4.79 Å². The fraction of sp³-hybridized carbons (Fsp3) is 0.818. The van der Waals surface area contributed by atoms with Crippen LogP contribution < -0.4 is 5.32 Å². The molecule has 0 spiro atoms. The molecule has 0 amide bonds. The summed E-state index contributed by atoms with van der Waals surface area (Å²) in [6, 6.07) is 0. The van der Waals surface area contributed by atoms with Crippen molar-refractivity contribution in [1.29, 1.82) is 0 Å². The van der Waals surface area contributed by atoms with Crippen molar-refractivity contribution >= 4 is 18.5 Å². The Hall–Kier alpha value is -1.94. The number of ether oxygens (including phenoxy) is 3. The van der Waals surface area contributed by atoms with Crippen molar-refractivity contribution in [2.24, 2.45) is 34.6 Å². The van der Waals surface area contributed by atoms with Gasteiger partial charge in [0.2, 0.25) is 0 Å². The molecule has 0 aromatic heterocycles. The van der Waals surface area contributed by atoms with E-state index < -0.39 is 54.4 Å². The Bertz CT molecular complexity index is 1130. The summed E-state index contributed by atoms with van der Waals surface area (Å²) in [5.74, 6) is -1.18. The molecule has 11 unspecified atom stereocenters. The monoisotopic (exact) mass is 651 g/mol. The predicted octanol–water partition coefficient (Wildman–Crippen LogP) is 0.355. The molecule has 258 valence electrons. The highest BCUT2D eigenvalue weighted by molar-refractivity contribution is 5.82. The smallest absolute Gasteiger partial charge is 0.335 e. The van der Waals surface area contributed by atoms with Crippen LogP contribution in [0.5, 0.6) is 0 Å². The Labute approximate surface area is 270 Å². The van der Waals surface area contributed by atoms with Gasteiger partial charge in [0, 0.05) is 31.2 Å². The number of carbonyl (C=O) groups is 2. The van der Waals surface area contributed by atoms with Gasteiger partial charge in [-0.1, -0.05) is 13.8 Å². The van der Waals surface area contributed by atoms with Crippen molar-refractivity contribution in [3.05, 3.63) is 18.2 Å². The van der Waals surface area contributed by atoms with Gasteiger partial charge in [0.25, 0.3) is 0 Å². The molecule has 0 bridgehead atoms. The van der Waals surface area contributed by atoms with Crippen molar-refractivity contribution in [3.63, 3.8) is 0 Å². The molecule has 46 heavy (non-hydrogen) atoms. The topological polar surface area (TPSA) is 208 Å². The number of aldehydes is 1. The highest BCUT2D eigenvalue weighted by Crippen LogP contribution is 2.45. The van der Waals surface area contributed by atoms with Crippen molar-refractivity contribution < 1.29 is 54.4 Å². The van der Waals surface area contributed by atoms with E-state index in [9.17, 15) is 40.2 Å². The van der Waals surface area contributed by atoms with Gasteiger partial charge in [-0.25, -0.2) is 4.79 Å². The first-order valence-electron chi connectivity index (χ1n) is 16.7. The Morgan fingerprint density at radius 2 is 1.89 bits per heavy atom. The van der Waals surface area contributed by atoms with E-state index in [0.29, 0.717) is 38.8 Å². The van der Waals surface area contributed by atoms with E-state index in [-0.39, 0.29) is 48.1 Å². The molecule has 5 aliphatic rings. The number of aliphatic carboxylic acids is 1. The number of hydrogen-bond donors (Lipinski definition) is 7. The number of carboxylic acid groups (broad SMARTS) is 1. The number of allylic oxidation sites excluding steroid dienone is 1. The number of fused-ring (bicyclic) bond motifs is 1. The SMILES string of the molecule is CC(C)C(CNCC1(O)C(OC2CCC3C(C2)OCC(C2CCC(O)CC2)C3O)OC(C(=O)O)C(O)C1(O)C=O)CC1=C[CH+]N=C1. The molecule has 4 fully saturated rings. The van der Waals surface area contributed by atoms with Crippen LogP contribution >= 0.6 is 0 Å². The fourth-order valence-corrected chi connectivity index (χ4v) is 8.06. The van der Waals surface area contributed by atoms with Crippen LogP contribution in [-0.2, 0) is 23.8 Å². The molecule has 0 radical (unpaired) electrons. The van der Waals surface area contributed by atoms with E-state index in [1.807, 2.05) is 6.08 Å². The van der Waals surface area contributed by atoms with Gasteiger partial charge in [-0.2, -0.15) is 0 Å². The number of rotatable bonds is 12. The average Bonchev–Trinajstić information content (AvgIpc) is 3.55. The molecule has 3 aliphatic heterocycles. The van der Waals surface area contributed by atoms with Gasteiger partial charge in [0.15, 0.2) is 36.1 Å². The number of nitrogens with one attached hydrogen (secondary N) is 1. The summed E-state index contributed by atoms with van der Waals surface area (Å²) in [7, 11) is 0. The number of aliphatic hydroxyl groups is 5. The summed E-state index contributed by atoms with van der Waals surface area (Å²) in [5.41, 5.74) is -4.44. The van der Waals surface area contributed by atoms with Crippen molar-refractivity contribution in [2.75, 3.05) is 19.7 Å². The van der Waals surface area contributed by atoms with Gasteiger partial charge in [0.1, 0.15) is 18.2 Å². The summed E-state index contributed by atoms with van der Waals surface area (Å²) >= 11 is 0. The maximum atomic E-state index is 12.4. The minimum atomic E-state index is -2.93. The van der Waals surface area contributed by atoms with Crippen LogP contribution in [0.4, 0.5) is 0 Å². The van der Waals surface area contributed by atoms with Crippen LogP contribution in [0.1, 0.15) is 65.2 Å². The van der Waals surface area contributed by atoms with E-state index in [1.54, 1.807) is 12.8 Å². The maximum absolute atomic E-state index is 12.4. The molecule has 5 rings (SSSR count). The Morgan fingerprint density at radius 1 is 1.15 bits per heavy atom. The van der Waals surface area contributed by atoms with Crippen molar-refractivity contribution in [2.45, 2.75) is 119 Å². The summed E-state index contributed by atoms with van der Waals surface area (Å²) in [5, 5.41) is 68.4. The third kappa shape index (κ3) is 7.08. The second-order valence-electron chi connectivity index (χ2n) is 14.4. The van der Waals surface area contributed by atoms with Crippen LogP contribution in [0, 0.1) is 36.1 Å². The average molecular weight is 652 g/mol. The molecule has 0 aromatic carbocycles. The van der Waals surface area contributed by atoms with Gasteiger partial charge in [0.05, 0.1) is 37.1 Å². The van der Waals surface area contributed by atoms with Gasteiger partial charge >= 0.3 is 5.97 Å². The first kappa shape index (κ1) is 35.4. The lowest BCUT2D eigenvalue weighted by Gasteiger charge is -2.53. The second-order valence-corrected chi connectivity index (χ2v) is 14.4. The zero-order valence-corrected chi connectivity index (χ0v) is 26.7. The maximum Gasteiger partial charge on any atom is 0.335 e. The number of hydrogen-bond acceptors (Lipinski definition) is 12. The predicted molar refractivity (Wildman–Crippen MR) is 164 cm³/mol. The molecule has 0 aromatic rings. The van der Waals surface area contributed by atoms with E-state index in [0.717, 1.165) is 31.3 Å². The molecular formula is C33H51N2O11+. The lowest BCUT2D eigenvalue weighted by atomic mass is 9.69. The number of carboxylic acids is 1. The molecule has 11 atom stereocenters. The lowest BCUT2D eigenvalue weighted by molar-refractivity contribution is -0.363. The first-order chi connectivity index (χ1) is 21.9. The molecule has 13 heteroatoms. The zero-order valence-electron chi connectivity index (χ0n) is 26.7. The quantitative estimate of drug-likeness (QED) is 0.113. The number of aliphatic hydroxyl groups excluding tert-OH is 3. The Kier molecular flexibility index (Phi) is 11.3. The highest BCUT2D eigenvalue weighted by atomic mass is 16.7. The summed E-state index contributed by atoms with van der Waals surface area (Å²) in [6.45, 7) is 6.12. The molecule has 7 N–H and O–H groups in total. The van der Waals surface area contributed by atoms with Crippen molar-refractivity contribution in [3.8, 4) is 0 Å². The van der Waals surface area contributed by atoms with E-state index in [4.69, 9.17) is 14.2 Å². The minimum Gasteiger partial charge on any atom is -0.479 e. The van der Waals surface area contributed by atoms with E-state index in [2.05, 4.69) is 24.2 Å². The summed E-state index contributed by atoms with van der Waals surface area (Å²) < 4.78 is 18.1. The molecular weight excluding hydrogens is 600 g/mol. The van der Waals surface area contributed by atoms with Crippen LogP contribution in [0.2, 0.25) is 0 Å². The zero-order chi connectivity index (χ0) is 33.2. The number of carbonyl (C=O) groups excluding carboxylic acids is 1. The summed E-state index contributed by atoms with van der Waals surface area (Å²) in [4.78, 5) is 28.5. The molecule has 2 saturated heterocycles. The Morgan fingerprint density at radius 3 is 2.52 bits per heavy atom. The van der Waals surface area contributed by atoms with Crippen LogP contribution in [0.25, 0.3) is 0 Å². The minimum absolute atomic E-state index is 0.0190. The third-order valence-corrected chi connectivity index (χ3v) is 11.2. The molecule has 3 heterocycles. The van der Waals surface area contributed by atoms with Crippen LogP contribution in [0.3, 0.4) is 0 Å². The fourth-order valence-electron chi connectivity index (χ4n) is 8.06. The largest absolute Gasteiger partial charge is 0.479 e. The molecule has 2 aliphatic carbocycles. The lowest BCUT2D eigenvalue weighted by Crippen LogP contribution is -2.79.